The van der Waals surface area contributed by atoms with Crippen molar-refractivity contribution in [2.45, 2.75) is 50.6 Å². The van der Waals surface area contributed by atoms with Gasteiger partial charge in [0, 0.05) is 18.3 Å². The third-order valence-electron chi connectivity index (χ3n) is 5.06. The summed E-state index contributed by atoms with van der Waals surface area (Å²) in [4.78, 5) is 26.9. The number of nitrogens with zero attached hydrogens (tertiary/aromatic N) is 1. The molecule has 1 N–H and O–H groups in total. The van der Waals surface area contributed by atoms with Crippen molar-refractivity contribution >= 4 is 17.6 Å². The van der Waals surface area contributed by atoms with Gasteiger partial charge >= 0.3 is 5.97 Å². The number of morpholine rings is 1. The number of methoxy groups -OCH3 is 1. The summed E-state index contributed by atoms with van der Waals surface area (Å²) >= 11 is 0. The molecule has 6 heteroatoms. The van der Waals surface area contributed by atoms with E-state index in [1.54, 1.807) is 31.4 Å². The zero-order chi connectivity index (χ0) is 17.6. The van der Waals surface area contributed by atoms with Crippen LogP contribution in [0.4, 0.5) is 5.69 Å². The van der Waals surface area contributed by atoms with Gasteiger partial charge in [-0.15, -0.1) is 0 Å². The summed E-state index contributed by atoms with van der Waals surface area (Å²) in [6.45, 7) is 1.14. The number of amides is 1. The molecule has 0 aromatic heterocycles. The van der Waals surface area contributed by atoms with Gasteiger partial charge in [0.2, 0.25) is 5.91 Å². The SMILES string of the molecule is COc1ccc(NC(=O)CC2C(=O)OCCN2C2CCCCC2)cc1. The summed E-state index contributed by atoms with van der Waals surface area (Å²) in [7, 11) is 1.60. The van der Waals surface area contributed by atoms with E-state index < -0.39 is 6.04 Å². The standard InChI is InChI=1S/C19H26N2O4/c1-24-16-9-7-14(8-10-16)20-18(22)13-17-19(23)25-12-11-21(17)15-5-3-2-4-6-15/h7-10,15,17H,2-6,11-13H2,1H3,(H,20,22). The fourth-order valence-corrected chi connectivity index (χ4v) is 3.75. The van der Waals surface area contributed by atoms with Gasteiger partial charge in [0.05, 0.1) is 13.5 Å². The molecule has 25 heavy (non-hydrogen) atoms. The topological polar surface area (TPSA) is 67.9 Å². The maximum atomic E-state index is 12.4. The number of carbonyl (C=O) groups is 2. The Balaban J connectivity index is 1.62. The van der Waals surface area contributed by atoms with Crippen molar-refractivity contribution < 1.29 is 19.1 Å². The van der Waals surface area contributed by atoms with Gasteiger partial charge in [-0.25, -0.2) is 0 Å². The summed E-state index contributed by atoms with van der Waals surface area (Å²) in [6.07, 6.45) is 5.98. The van der Waals surface area contributed by atoms with E-state index in [-0.39, 0.29) is 18.3 Å². The molecule has 1 amide bonds. The van der Waals surface area contributed by atoms with Crippen LogP contribution in [0.15, 0.2) is 24.3 Å². The average Bonchev–Trinajstić information content (AvgIpc) is 2.65. The number of cyclic esters (lactones) is 1. The number of hydrogen-bond donors (Lipinski definition) is 1. The molecule has 2 aliphatic rings. The Labute approximate surface area is 148 Å². The zero-order valence-electron chi connectivity index (χ0n) is 14.7. The third kappa shape index (κ3) is 4.51. The summed E-state index contributed by atoms with van der Waals surface area (Å²) in [5.41, 5.74) is 0.694. The minimum atomic E-state index is -0.477. The molecule has 3 rings (SSSR count). The first-order valence-electron chi connectivity index (χ1n) is 9.03. The van der Waals surface area contributed by atoms with E-state index in [2.05, 4.69) is 10.2 Å². The number of nitrogens with one attached hydrogen (secondary N) is 1. The van der Waals surface area contributed by atoms with Crippen LogP contribution < -0.4 is 10.1 Å². The monoisotopic (exact) mass is 346 g/mol. The van der Waals surface area contributed by atoms with Gasteiger partial charge < -0.3 is 14.8 Å². The molecule has 1 aromatic carbocycles. The molecule has 1 saturated carbocycles. The van der Waals surface area contributed by atoms with Gasteiger partial charge in [0.15, 0.2) is 0 Å². The van der Waals surface area contributed by atoms with Gasteiger partial charge in [-0.2, -0.15) is 0 Å². The largest absolute Gasteiger partial charge is 0.497 e. The normalized spacial score (nSPS) is 22.3. The van der Waals surface area contributed by atoms with Crippen LogP contribution in [0.1, 0.15) is 38.5 Å². The van der Waals surface area contributed by atoms with Crippen LogP contribution in [0.5, 0.6) is 5.75 Å². The van der Waals surface area contributed by atoms with Crippen molar-refractivity contribution in [2.24, 2.45) is 0 Å². The van der Waals surface area contributed by atoms with Gasteiger partial charge in [0.1, 0.15) is 18.4 Å². The van der Waals surface area contributed by atoms with Gasteiger partial charge in [-0.1, -0.05) is 19.3 Å². The van der Waals surface area contributed by atoms with E-state index in [4.69, 9.17) is 9.47 Å². The van der Waals surface area contributed by atoms with Crippen LogP contribution in [0, 0.1) is 0 Å². The molecular formula is C19H26N2O4. The predicted molar refractivity (Wildman–Crippen MR) is 94.6 cm³/mol. The first kappa shape index (κ1) is 17.7. The number of esters is 1. The van der Waals surface area contributed by atoms with Crippen LogP contribution in [0.3, 0.4) is 0 Å². The minimum Gasteiger partial charge on any atom is -0.497 e. The van der Waals surface area contributed by atoms with Crippen molar-refractivity contribution in [3.63, 3.8) is 0 Å². The lowest BCUT2D eigenvalue weighted by molar-refractivity contribution is -0.161. The summed E-state index contributed by atoms with van der Waals surface area (Å²) in [6, 6.07) is 7.07. The van der Waals surface area contributed by atoms with E-state index in [1.807, 2.05) is 0 Å². The smallest absolute Gasteiger partial charge is 0.323 e. The molecule has 0 spiro atoms. The first-order chi connectivity index (χ1) is 12.2. The predicted octanol–water partition coefficient (Wildman–Crippen LogP) is 2.58. The third-order valence-corrected chi connectivity index (χ3v) is 5.06. The lowest BCUT2D eigenvalue weighted by Crippen LogP contribution is -2.54. The molecule has 2 fully saturated rings. The van der Waals surface area contributed by atoms with Gasteiger partial charge in [0.25, 0.3) is 0 Å². The Hall–Kier alpha value is -2.08. The van der Waals surface area contributed by atoms with E-state index in [0.717, 1.165) is 25.1 Å². The molecule has 1 aliphatic carbocycles. The lowest BCUT2D eigenvalue weighted by Gasteiger charge is -2.41. The first-order valence-corrected chi connectivity index (χ1v) is 9.03. The quantitative estimate of drug-likeness (QED) is 0.830. The second-order valence-electron chi connectivity index (χ2n) is 6.69. The molecule has 1 unspecified atom stereocenters. The molecule has 1 aliphatic heterocycles. The van der Waals surface area contributed by atoms with Crippen molar-refractivity contribution in [2.75, 3.05) is 25.6 Å². The Bertz CT molecular complexity index is 596. The van der Waals surface area contributed by atoms with Crippen molar-refractivity contribution in [1.82, 2.24) is 4.90 Å². The number of carbonyl (C=O) groups excluding carboxylic acids is 2. The highest BCUT2D eigenvalue weighted by atomic mass is 16.5. The van der Waals surface area contributed by atoms with Crippen LogP contribution in [-0.4, -0.2) is 49.1 Å². The molecular weight excluding hydrogens is 320 g/mol. The number of hydrogen-bond acceptors (Lipinski definition) is 5. The fraction of sp³-hybridized carbons (Fsp3) is 0.579. The van der Waals surface area contributed by atoms with Crippen LogP contribution >= 0.6 is 0 Å². The summed E-state index contributed by atoms with van der Waals surface area (Å²) < 4.78 is 10.3. The highest BCUT2D eigenvalue weighted by molar-refractivity contribution is 5.94. The average molecular weight is 346 g/mol. The second kappa shape index (κ2) is 8.34. The van der Waals surface area contributed by atoms with Crippen LogP contribution in [0.2, 0.25) is 0 Å². The molecule has 6 nitrogen and oxygen atoms in total. The molecule has 1 saturated heterocycles. The summed E-state index contributed by atoms with van der Waals surface area (Å²) in [5.74, 6) is 0.286. The Morgan fingerprint density at radius 1 is 1.24 bits per heavy atom. The van der Waals surface area contributed by atoms with Crippen molar-refractivity contribution in [3.8, 4) is 5.75 Å². The highest BCUT2D eigenvalue weighted by Crippen LogP contribution is 2.27. The molecule has 1 heterocycles. The molecule has 1 aromatic rings. The number of rotatable bonds is 5. The minimum absolute atomic E-state index is 0.126. The lowest BCUT2D eigenvalue weighted by atomic mass is 9.92. The van der Waals surface area contributed by atoms with E-state index >= 15 is 0 Å². The van der Waals surface area contributed by atoms with E-state index in [1.165, 1.54) is 19.3 Å². The Kier molecular flexibility index (Phi) is 5.91. The van der Waals surface area contributed by atoms with Crippen molar-refractivity contribution in [3.05, 3.63) is 24.3 Å². The Morgan fingerprint density at radius 3 is 2.64 bits per heavy atom. The van der Waals surface area contributed by atoms with Crippen LogP contribution in [0.25, 0.3) is 0 Å². The van der Waals surface area contributed by atoms with Gasteiger partial charge in [-0.3, -0.25) is 14.5 Å². The number of ether oxygens (including phenoxy) is 2. The highest BCUT2D eigenvalue weighted by Gasteiger charge is 2.37. The molecule has 1 atom stereocenters. The Morgan fingerprint density at radius 2 is 1.96 bits per heavy atom. The molecule has 136 valence electrons. The van der Waals surface area contributed by atoms with E-state index in [9.17, 15) is 9.59 Å². The maximum absolute atomic E-state index is 12.4. The van der Waals surface area contributed by atoms with Gasteiger partial charge in [-0.05, 0) is 37.1 Å². The number of anilines is 1. The summed E-state index contributed by atoms with van der Waals surface area (Å²) in [5, 5.41) is 2.86. The van der Waals surface area contributed by atoms with E-state index in [0.29, 0.717) is 18.3 Å². The number of benzene rings is 1. The van der Waals surface area contributed by atoms with Crippen LogP contribution in [-0.2, 0) is 14.3 Å². The molecule has 0 radical (unpaired) electrons. The zero-order valence-corrected chi connectivity index (χ0v) is 14.7. The maximum Gasteiger partial charge on any atom is 0.323 e. The fourth-order valence-electron chi connectivity index (χ4n) is 3.75. The van der Waals surface area contributed by atoms with Crippen molar-refractivity contribution in [1.29, 1.82) is 0 Å². The second-order valence-corrected chi connectivity index (χ2v) is 6.69. The molecule has 0 bridgehead atoms.